The van der Waals surface area contributed by atoms with Crippen molar-refractivity contribution in [2.45, 2.75) is 77.2 Å². The maximum absolute atomic E-state index is 11.6. The summed E-state index contributed by atoms with van der Waals surface area (Å²) in [5, 5.41) is 8.62. The fourth-order valence-corrected chi connectivity index (χ4v) is 2.83. The molecule has 0 rings (SSSR count). The van der Waals surface area contributed by atoms with Gasteiger partial charge in [-0.2, -0.15) is 0 Å². The Balaban J connectivity index is 3.69. The van der Waals surface area contributed by atoms with Crippen LogP contribution >= 0.6 is 7.82 Å². The first-order valence-electron chi connectivity index (χ1n) is 11.1. The lowest BCUT2D eigenvalue weighted by atomic mass is 10.2. The summed E-state index contributed by atoms with van der Waals surface area (Å²) in [5.41, 5.74) is 0. The molecule has 0 bridgehead atoms. The number of carbonyl (C=O) groups excluding carboxylic acids is 1. The molecule has 1 atom stereocenters. The van der Waals surface area contributed by atoms with Crippen molar-refractivity contribution in [2.75, 3.05) is 13.2 Å². The number of hydrogen-bond acceptors (Lipinski definition) is 6. The Bertz CT molecular complexity index is 621. The molecule has 184 valence electrons. The van der Waals surface area contributed by atoms with E-state index in [1.54, 1.807) is 0 Å². The molecule has 0 aromatic carbocycles. The van der Waals surface area contributed by atoms with Gasteiger partial charge in [0.2, 0.25) is 0 Å². The second-order valence-electron chi connectivity index (χ2n) is 7.18. The van der Waals surface area contributed by atoms with Crippen molar-refractivity contribution >= 4 is 13.8 Å². The molecule has 0 saturated heterocycles. The Morgan fingerprint density at radius 3 is 1.88 bits per heavy atom. The molecule has 0 heterocycles. The fourth-order valence-electron chi connectivity index (χ4n) is 2.47. The van der Waals surface area contributed by atoms with Crippen LogP contribution in [-0.2, 0) is 23.5 Å². The second-order valence-corrected chi connectivity index (χ2v) is 8.42. The molecule has 0 unspecified atom stereocenters. The van der Waals surface area contributed by atoms with Crippen molar-refractivity contribution < 1.29 is 38.6 Å². The summed E-state index contributed by atoms with van der Waals surface area (Å²) >= 11 is 0. The summed E-state index contributed by atoms with van der Waals surface area (Å²) in [5.74, 6) is -0.487. The monoisotopic (exact) mass is 474 g/mol. The Morgan fingerprint density at radius 2 is 1.38 bits per heavy atom. The van der Waals surface area contributed by atoms with Gasteiger partial charge in [-0.25, -0.2) is 9.45 Å². The van der Waals surface area contributed by atoms with Gasteiger partial charge in [-0.05, 0) is 44.9 Å². The van der Waals surface area contributed by atoms with Crippen LogP contribution in [0.1, 0.15) is 71.1 Å². The van der Waals surface area contributed by atoms with Crippen LogP contribution in [0, 0.1) is 0 Å². The number of unbranched alkanes of at least 4 members (excludes halogenated alkanes) is 4. The summed E-state index contributed by atoms with van der Waals surface area (Å²) < 4.78 is 19.7. The SMILES string of the molecule is CCCCC/C=C\C/C=C\C/C=C\C/C=C\CCCC(=O)OC[C@H](COP(=O)(O)O)OO. The maximum Gasteiger partial charge on any atom is 0.469 e. The highest BCUT2D eigenvalue weighted by Gasteiger charge is 2.20. The zero-order valence-corrected chi connectivity index (χ0v) is 19.9. The molecule has 8 nitrogen and oxygen atoms in total. The second kappa shape index (κ2) is 21.3. The average Bonchev–Trinajstić information content (AvgIpc) is 2.75. The Morgan fingerprint density at radius 1 is 0.844 bits per heavy atom. The lowest BCUT2D eigenvalue weighted by Gasteiger charge is -2.14. The Labute approximate surface area is 191 Å². The number of allylic oxidation sites excluding steroid dienone is 8. The third-order valence-electron chi connectivity index (χ3n) is 4.22. The molecule has 0 fully saturated rings. The maximum atomic E-state index is 11.6. The summed E-state index contributed by atoms with van der Waals surface area (Å²) in [6.45, 7) is 1.25. The van der Waals surface area contributed by atoms with Crippen molar-refractivity contribution in [1.29, 1.82) is 0 Å². The Hall–Kier alpha value is -1.54. The van der Waals surface area contributed by atoms with E-state index in [2.05, 4.69) is 52.8 Å². The van der Waals surface area contributed by atoms with E-state index in [4.69, 9.17) is 19.8 Å². The number of phosphoric acid groups is 1. The van der Waals surface area contributed by atoms with E-state index in [1.165, 1.54) is 25.7 Å². The largest absolute Gasteiger partial charge is 0.469 e. The molecule has 0 aromatic heterocycles. The van der Waals surface area contributed by atoms with E-state index in [1.807, 2.05) is 12.2 Å². The number of hydrogen-bond donors (Lipinski definition) is 3. The highest BCUT2D eigenvalue weighted by molar-refractivity contribution is 7.46. The van der Waals surface area contributed by atoms with Crippen LogP contribution in [0.3, 0.4) is 0 Å². The molecule has 0 spiro atoms. The molecule has 0 radical (unpaired) electrons. The summed E-state index contributed by atoms with van der Waals surface area (Å²) in [7, 11) is -4.68. The number of phosphoric ester groups is 1. The summed E-state index contributed by atoms with van der Waals surface area (Å²) in [6, 6.07) is 0. The molecule has 0 aliphatic rings. The Kier molecular flexibility index (Phi) is 20.3. The van der Waals surface area contributed by atoms with Gasteiger partial charge < -0.3 is 14.5 Å². The van der Waals surface area contributed by atoms with Crippen molar-refractivity contribution in [3.8, 4) is 0 Å². The molecule has 0 aromatic rings. The minimum atomic E-state index is -4.68. The zero-order chi connectivity index (χ0) is 23.9. The minimum absolute atomic E-state index is 0.190. The van der Waals surface area contributed by atoms with Crippen molar-refractivity contribution in [3.05, 3.63) is 48.6 Å². The predicted octanol–water partition coefficient (Wildman–Crippen LogP) is 5.64. The van der Waals surface area contributed by atoms with Gasteiger partial charge in [-0.3, -0.25) is 14.6 Å². The van der Waals surface area contributed by atoms with Gasteiger partial charge in [-0.15, -0.1) is 0 Å². The van der Waals surface area contributed by atoms with Crippen LogP contribution in [0.4, 0.5) is 0 Å². The first-order valence-corrected chi connectivity index (χ1v) is 12.7. The first kappa shape index (κ1) is 30.5. The van der Waals surface area contributed by atoms with Gasteiger partial charge >= 0.3 is 13.8 Å². The smallest absolute Gasteiger partial charge is 0.463 e. The third kappa shape index (κ3) is 23.1. The van der Waals surface area contributed by atoms with Gasteiger partial charge in [-0.1, -0.05) is 68.4 Å². The van der Waals surface area contributed by atoms with E-state index in [0.29, 0.717) is 6.42 Å². The van der Waals surface area contributed by atoms with Gasteiger partial charge in [0.25, 0.3) is 0 Å². The molecule has 0 saturated carbocycles. The fraction of sp³-hybridized carbons (Fsp3) is 0.609. The molecule has 3 N–H and O–H groups in total. The molecule has 0 aliphatic heterocycles. The normalized spacial score (nSPS) is 13.8. The van der Waals surface area contributed by atoms with E-state index < -0.39 is 26.5 Å². The standard InChI is InChI=1S/C23H39O8P/c1-2-3-4-5-6-7-8-9-10-11-12-13-14-15-16-17-18-19-23(24)29-20-22(31-25)21-30-32(26,27)28/h6-7,9-10,12-13,15-16,22,25H,2-5,8,11,14,17-21H2,1H3,(H2,26,27,28)/b7-6-,10-9-,13-12-,16-15-/t22-/m1/s1. The summed E-state index contributed by atoms with van der Waals surface area (Å²) in [4.78, 5) is 32.8. The molecular formula is C23H39O8P. The van der Waals surface area contributed by atoms with Crippen LogP contribution in [0.5, 0.6) is 0 Å². The third-order valence-corrected chi connectivity index (χ3v) is 4.70. The summed E-state index contributed by atoms with van der Waals surface area (Å²) in [6.07, 6.45) is 25.2. The topological polar surface area (TPSA) is 123 Å². The number of esters is 1. The average molecular weight is 475 g/mol. The molecule has 0 amide bonds. The van der Waals surface area contributed by atoms with Crippen LogP contribution in [0.2, 0.25) is 0 Å². The van der Waals surface area contributed by atoms with E-state index in [-0.39, 0.29) is 13.0 Å². The van der Waals surface area contributed by atoms with Crippen molar-refractivity contribution in [3.63, 3.8) is 0 Å². The molecule has 9 heteroatoms. The molecule has 32 heavy (non-hydrogen) atoms. The number of carbonyl (C=O) groups is 1. The highest BCUT2D eigenvalue weighted by Crippen LogP contribution is 2.35. The quantitative estimate of drug-likeness (QED) is 0.0517. The number of rotatable bonds is 20. The lowest BCUT2D eigenvalue weighted by molar-refractivity contribution is -0.290. The van der Waals surface area contributed by atoms with E-state index in [9.17, 15) is 9.36 Å². The van der Waals surface area contributed by atoms with Crippen molar-refractivity contribution in [1.82, 2.24) is 0 Å². The first-order chi connectivity index (χ1) is 15.4. The zero-order valence-electron chi connectivity index (χ0n) is 19.0. The number of ether oxygens (including phenoxy) is 1. The predicted molar refractivity (Wildman–Crippen MR) is 125 cm³/mol. The van der Waals surface area contributed by atoms with Crippen LogP contribution < -0.4 is 0 Å². The lowest BCUT2D eigenvalue weighted by Crippen LogP contribution is -2.25. The van der Waals surface area contributed by atoms with Crippen LogP contribution in [0.25, 0.3) is 0 Å². The van der Waals surface area contributed by atoms with Gasteiger partial charge in [0.05, 0.1) is 6.61 Å². The van der Waals surface area contributed by atoms with Gasteiger partial charge in [0.1, 0.15) is 6.61 Å². The van der Waals surface area contributed by atoms with E-state index in [0.717, 1.165) is 25.7 Å². The van der Waals surface area contributed by atoms with Gasteiger partial charge in [0, 0.05) is 6.42 Å². The van der Waals surface area contributed by atoms with Crippen molar-refractivity contribution in [2.24, 2.45) is 0 Å². The van der Waals surface area contributed by atoms with E-state index >= 15 is 0 Å². The minimum Gasteiger partial charge on any atom is -0.463 e. The molecular weight excluding hydrogens is 435 g/mol. The van der Waals surface area contributed by atoms with Gasteiger partial charge in [0.15, 0.2) is 6.10 Å². The highest BCUT2D eigenvalue weighted by atomic mass is 31.2. The van der Waals surface area contributed by atoms with Crippen LogP contribution in [0.15, 0.2) is 48.6 Å². The van der Waals surface area contributed by atoms with Crippen LogP contribution in [-0.4, -0.2) is 40.3 Å². The molecule has 0 aliphatic carbocycles.